The van der Waals surface area contributed by atoms with Gasteiger partial charge in [0.15, 0.2) is 5.76 Å². The predicted molar refractivity (Wildman–Crippen MR) is 99.4 cm³/mol. The zero-order valence-electron chi connectivity index (χ0n) is 15.5. The fourth-order valence-corrected chi connectivity index (χ4v) is 3.19. The van der Waals surface area contributed by atoms with Crippen LogP contribution in [0.4, 0.5) is 0 Å². The number of benzene rings is 1. The van der Waals surface area contributed by atoms with Gasteiger partial charge in [0.1, 0.15) is 0 Å². The molecule has 0 bridgehead atoms. The van der Waals surface area contributed by atoms with Crippen LogP contribution in [0, 0.1) is 13.8 Å². The number of nitrogens with zero attached hydrogens (tertiary/aromatic N) is 2. The first-order valence-corrected chi connectivity index (χ1v) is 8.91. The van der Waals surface area contributed by atoms with Crippen molar-refractivity contribution < 1.29 is 18.8 Å². The van der Waals surface area contributed by atoms with Crippen LogP contribution < -0.4 is 5.32 Å². The number of nitrogens with one attached hydrogen (secondary N) is 1. The molecular formula is C20H23N3O4. The lowest BCUT2D eigenvalue weighted by atomic mass is 10.1. The Labute approximate surface area is 157 Å². The van der Waals surface area contributed by atoms with Crippen molar-refractivity contribution >= 4 is 17.7 Å². The second-order valence-electron chi connectivity index (χ2n) is 6.71. The Bertz CT molecular complexity index is 817. The largest absolute Gasteiger partial charge is 0.459 e. The molecule has 1 aliphatic rings. The molecule has 3 rings (SSSR count). The van der Waals surface area contributed by atoms with E-state index in [0.29, 0.717) is 37.5 Å². The fourth-order valence-electron chi connectivity index (χ4n) is 3.19. The Kier molecular flexibility index (Phi) is 5.59. The third kappa shape index (κ3) is 4.55. The summed E-state index contributed by atoms with van der Waals surface area (Å²) in [5.74, 6) is -0.287. The third-order valence-electron chi connectivity index (χ3n) is 4.54. The van der Waals surface area contributed by atoms with Gasteiger partial charge in [-0.15, -0.1) is 0 Å². The maximum absolute atomic E-state index is 12.4. The maximum Gasteiger partial charge on any atom is 0.289 e. The summed E-state index contributed by atoms with van der Waals surface area (Å²) in [6.07, 6.45) is 1.46. The minimum Gasteiger partial charge on any atom is -0.459 e. The fraction of sp³-hybridized carbons (Fsp3) is 0.350. The van der Waals surface area contributed by atoms with Gasteiger partial charge in [-0.05, 0) is 38.1 Å². The van der Waals surface area contributed by atoms with Crippen molar-refractivity contribution in [2.75, 3.05) is 32.7 Å². The molecule has 7 heteroatoms. The van der Waals surface area contributed by atoms with Gasteiger partial charge >= 0.3 is 0 Å². The van der Waals surface area contributed by atoms with Gasteiger partial charge in [-0.3, -0.25) is 14.4 Å². The number of hydrogen-bond donors (Lipinski definition) is 1. The van der Waals surface area contributed by atoms with Gasteiger partial charge in [-0.1, -0.05) is 17.2 Å². The maximum atomic E-state index is 12.4. The van der Waals surface area contributed by atoms with Crippen LogP contribution in [0.25, 0.3) is 0 Å². The van der Waals surface area contributed by atoms with Crippen molar-refractivity contribution in [1.82, 2.24) is 15.1 Å². The van der Waals surface area contributed by atoms with Crippen LogP contribution >= 0.6 is 0 Å². The molecule has 1 saturated heterocycles. The molecule has 0 spiro atoms. The predicted octanol–water partition coefficient (Wildman–Crippen LogP) is 1.61. The zero-order chi connectivity index (χ0) is 19.4. The van der Waals surface area contributed by atoms with E-state index in [1.165, 1.54) is 6.26 Å². The van der Waals surface area contributed by atoms with Crippen LogP contribution in [0.5, 0.6) is 0 Å². The molecule has 1 fully saturated rings. The molecule has 1 aliphatic heterocycles. The Morgan fingerprint density at radius 3 is 2.22 bits per heavy atom. The van der Waals surface area contributed by atoms with Gasteiger partial charge in [0.25, 0.3) is 11.8 Å². The first kappa shape index (κ1) is 18.7. The van der Waals surface area contributed by atoms with E-state index in [4.69, 9.17) is 4.42 Å². The topological polar surface area (TPSA) is 82.9 Å². The summed E-state index contributed by atoms with van der Waals surface area (Å²) in [5, 5.41) is 2.68. The van der Waals surface area contributed by atoms with Crippen LogP contribution in [-0.4, -0.2) is 60.2 Å². The monoisotopic (exact) mass is 369 g/mol. The number of rotatable bonds is 4. The highest BCUT2D eigenvalue weighted by atomic mass is 16.3. The molecule has 0 atom stereocenters. The number of piperazine rings is 1. The lowest BCUT2D eigenvalue weighted by Crippen LogP contribution is -2.52. The SMILES string of the molecule is Cc1cc(C)cc(C(=O)NCC(=O)N2CCN(C(=O)c3ccco3)CC2)c1. The minimum atomic E-state index is -0.262. The van der Waals surface area contributed by atoms with Gasteiger partial charge in [0.2, 0.25) is 5.91 Å². The van der Waals surface area contributed by atoms with Gasteiger partial charge in [0, 0.05) is 31.7 Å². The molecule has 0 radical (unpaired) electrons. The molecule has 1 N–H and O–H groups in total. The van der Waals surface area contributed by atoms with Crippen LogP contribution in [0.3, 0.4) is 0 Å². The zero-order valence-corrected chi connectivity index (χ0v) is 15.5. The first-order valence-electron chi connectivity index (χ1n) is 8.91. The number of furan rings is 1. The molecule has 1 aromatic carbocycles. The number of amides is 3. The van der Waals surface area contributed by atoms with E-state index >= 15 is 0 Å². The van der Waals surface area contributed by atoms with Crippen molar-refractivity contribution in [2.24, 2.45) is 0 Å². The second kappa shape index (κ2) is 8.07. The van der Waals surface area contributed by atoms with Crippen LogP contribution in [0.15, 0.2) is 41.0 Å². The summed E-state index contributed by atoms with van der Waals surface area (Å²) < 4.78 is 5.13. The van der Waals surface area contributed by atoms with E-state index < -0.39 is 0 Å². The van der Waals surface area contributed by atoms with Crippen molar-refractivity contribution in [3.8, 4) is 0 Å². The molecule has 2 heterocycles. The molecular weight excluding hydrogens is 346 g/mol. The average Bonchev–Trinajstić information content (AvgIpc) is 3.19. The second-order valence-corrected chi connectivity index (χ2v) is 6.71. The van der Waals surface area contributed by atoms with Crippen molar-refractivity contribution in [3.63, 3.8) is 0 Å². The molecule has 0 aliphatic carbocycles. The number of hydrogen-bond acceptors (Lipinski definition) is 4. The lowest BCUT2D eigenvalue weighted by molar-refractivity contribution is -0.131. The quantitative estimate of drug-likeness (QED) is 0.888. The van der Waals surface area contributed by atoms with E-state index in [1.54, 1.807) is 34.1 Å². The molecule has 2 aromatic rings. The molecule has 7 nitrogen and oxygen atoms in total. The van der Waals surface area contributed by atoms with Crippen molar-refractivity contribution in [1.29, 1.82) is 0 Å². The Morgan fingerprint density at radius 2 is 1.63 bits per heavy atom. The minimum absolute atomic E-state index is 0.0576. The van der Waals surface area contributed by atoms with E-state index in [0.717, 1.165) is 11.1 Å². The summed E-state index contributed by atoms with van der Waals surface area (Å²) >= 11 is 0. The smallest absolute Gasteiger partial charge is 0.289 e. The Balaban J connectivity index is 1.48. The summed E-state index contributed by atoms with van der Waals surface area (Å²) in [5.41, 5.74) is 2.56. The normalized spacial score (nSPS) is 14.1. The standard InChI is InChI=1S/C20H23N3O4/c1-14-10-15(2)12-16(11-14)19(25)21-13-18(24)22-5-7-23(8-6-22)20(26)17-4-3-9-27-17/h3-4,9-12H,5-8,13H2,1-2H3,(H,21,25). The Hall–Kier alpha value is -3.09. The summed E-state index contributed by atoms with van der Waals surface area (Å²) in [4.78, 5) is 40.2. The molecule has 3 amide bonds. The number of aryl methyl sites for hydroxylation is 2. The van der Waals surface area contributed by atoms with E-state index in [1.807, 2.05) is 19.9 Å². The van der Waals surface area contributed by atoms with Crippen molar-refractivity contribution in [3.05, 3.63) is 59.0 Å². The highest BCUT2D eigenvalue weighted by Gasteiger charge is 2.26. The van der Waals surface area contributed by atoms with Crippen LogP contribution in [0.1, 0.15) is 32.0 Å². The molecule has 0 unspecified atom stereocenters. The van der Waals surface area contributed by atoms with Crippen LogP contribution in [-0.2, 0) is 4.79 Å². The highest BCUT2D eigenvalue weighted by molar-refractivity contribution is 5.97. The molecule has 0 saturated carbocycles. The highest BCUT2D eigenvalue weighted by Crippen LogP contribution is 2.10. The molecule has 27 heavy (non-hydrogen) atoms. The molecule has 1 aromatic heterocycles. The number of carbonyl (C=O) groups is 3. The van der Waals surface area contributed by atoms with E-state index in [-0.39, 0.29) is 24.3 Å². The summed E-state index contributed by atoms with van der Waals surface area (Å²) in [6.45, 7) is 5.55. The van der Waals surface area contributed by atoms with Gasteiger partial charge in [0.05, 0.1) is 12.8 Å². The van der Waals surface area contributed by atoms with Gasteiger partial charge in [-0.2, -0.15) is 0 Å². The molecule has 142 valence electrons. The average molecular weight is 369 g/mol. The van der Waals surface area contributed by atoms with Gasteiger partial charge in [-0.25, -0.2) is 0 Å². The van der Waals surface area contributed by atoms with E-state index in [9.17, 15) is 14.4 Å². The van der Waals surface area contributed by atoms with Gasteiger partial charge < -0.3 is 19.5 Å². The van der Waals surface area contributed by atoms with Crippen molar-refractivity contribution in [2.45, 2.75) is 13.8 Å². The number of carbonyl (C=O) groups excluding carboxylic acids is 3. The van der Waals surface area contributed by atoms with E-state index in [2.05, 4.69) is 5.32 Å². The first-order chi connectivity index (χ1) is 12.9. The summed E-state index contributed by atoms with van der Waals surface area (Å²) in [6, 6.07) is 8.89. The van der Waals surface area contributed by atoms with Crippen LogP contribution in [0.2, 0.25) is 0 Å². The summed E-state index contributed by atoms with van der Waals surface area (Å²) in [7, 11) is 0. The lowest BCUT2D eigenvalue weighted by Gasteiger charge is -2.34. The Morgan fingerprint density at radius 1 is 1.00 bits per heavy atom. The third-order valence-corrected chi connectivity index (χ3v) is 4.54.